The smallest absolute Gasteiger partial charge is 0.139 e. The molecule has 0 radical (unpaired) electrons. The van der Waals surface area contributed by atoms with Crippen LogP contribution in [0.2, 0.25) is 0 Å². The van der Waals surface area contributed by atoms with E-state index in [1.807, 2.05) is 6.92 Å². The summed E-state index contributed by atoms with van der Waals surface area (Å²) < 4.78 is 2.20. The van der Waals surface area contributed by atoms with Crippen LogP contribution in [0.15, 0.2) is 24.3 Å². The van der Waals surface area contributed by atoms with Crippen molar-refractivity contribution in [3.8, 4) is 0 Å². The number of aliphatic hydroxyl groups is 1. The van der Waals surface area contributed by atoms with E-state index in [2.05, 4.69) is 41.1 Å². The molecule has 0 saturated heterocycles. The third kappa shape index (κ3) is 2.60. The Kier molecular flexibility index (Phi) is 4.05. The Morgan fingerprint density at radius 1 is 1.29 bits per heavy atom. The molecule has 0 aliphatic carbocycles. The summed E-state index contributed by atoms with van der Waals surface area (Å²) in [4.78, 5) is 0. The van der Waals surface area contributed by atoms with Gasteiger partial charge in [0.2, 0.25) is 0 Å². The van der Waals surface area contributed by atoms with Crippen molar-refractivity contribution >= 4 is 10.9 Å². The van der Waals surface area contributed by atoms with Crippen LogP contribution < -0.4 is 5.32 Å². The summed E-state index contributed by atoms with van der Waals surface area (Å²) in [6, 6.07) is 8.48. The zero-order valence-corrected chi connectivity index (χ0v) is 13.2. The fourth-order valence-electron chi connectivity index (χ4n) is 3.61. The van der Waals surface area contributed by atoms with Gasteiger partial charge in [0.25, 0.3) is 0 Å². The number of aromatic nitrogens is 1. The molecule has 0 amide bonds. The van der Waals surface area contributed by atoms with E-state index in [1.54, 1.807) is 0 Å². The standard InChI is InChI=1S/C18H26N2O/c1-3-4-7-11-18(2,21)20-16-9-6-5-8-14(16)15-13-19-12-10-17(15)20/h5-6,8-9,19,21H,3-4,7,10-13H2,1-2H3. The molecule has 21 heavy (non-hydrogen) atoms. The van der Waals surface area contributed by atoms with E-state index >= 15 is 0 Å². The van der Waals surface area contributed by atoms with Crippen LogP contribution in [0.25, 0.3) is 10.9 Å². The van der Waals surface area contributed by atoms with Crippen LogP contribution in [0.5, 0.6) is 0 Å². The van der Waals surface area contributed by atoms with Crippen molar-refractivity contribution in [2.75, 3.05) is 6.54 Å². The minimum Gasteiger partial charge on any atom is -0.371 e. The van der Waals surface area contributed by atoms with Crippen LogP contribution in [0.4, 0.5) is 0 Å². The first-order valence-corrected chi connectivity index (χ1v) is 8.20. The molecule has 1 aromatic carbocycles. The summed E-state index contributed by atoms with van der Waals surface area (Å²) in [7, 11) is 0. The zero-order valence-electron chi connectivity index (χ0n) is 13.2. The molecule has 3 nitrogen and oxygen atoms in total. The minimum atomic E-state index is -0.792. The number of benzene rings is 1. The quantitative estimate of drug-likeness (QED) is 0.825. The van der Waals surface area contributed by atoms with Gasteiger partial charge in [-0.2, -0.15) is 0 Å². The molecule has 2 aromatic rings. The molecule has 2 N–H and O–H groups in total. The van der Waals surface area contributed by atoms with Crippen LogP contribution >= 0.6 is 0 Å². The van der Waals surface area contributed by atoms with Gasteiger partial charge in [0, 0.05) is 30.6 Å². The molecular formula is C18H26N2O. The molecule has 0 fully saturated rings. The van der Waals surface area contributed by atoms with E-state index in [0.717, 1.165) is 32.4 Å². The van der Waals surface area contributed by atoms with E-state index in [9.17, 15) is 5.11 Å². The monoisotopic (exact) mass is 286 g/mol. The van der Waals surface area contributed by atoms with Gasteiger partial charge in [-0.15, -0.1) is 0 Å². The normalized spacial score (nSPS) is 17.7. The van der Waals surface area contributed by atoms with Gasteiger partial charge in [-0.25, -0.2) is 0 Å². The second-order valence-electron chi connectivity index (χ2n) is 6.38. The molecule has 0 saturated carbocycles. The number of nitrogens with zero attached hydrogens (tertiary/aromatic N) is 1. The van der Waals surface area contributed by atoms with E-state index < -0.39 is 5.72 Å². The molecular weight excluding hydrogens is 260 g/mol. The summed E-state index contributed by atoms with van der Waals surface area (Å²) in [5.74, 6) is 0. The van der Waals surface area contributed by atoms with Crippen LogP contribution in [0, 0.1) is 0 Å². The highest BCUT2D eigenvalue weighted by Gasteiger charge is 2.30. The first-order valence-electron chi connectivity index (χ1n) is 8.20. The van der Waals surface area contributed by atoms with E-state index in [4.69, 9.17) is 0 Å². The Bertz CT molecular complexity index is 627. The summed E-state index contributed by atoms with van der Waals surface area (Å²) in [6.45, 7) is 6.08. The predicted octanol–water partition coefficient (Wildman–Crippen LogP) is 3.53. The summed E-state index contributed by atoms with van der Waals surface area (Å²) >= 11 is 0. The van der Waals surface area contributed by atoms with Gasteiger partial charge in [0.15, 0.2) is 0 Å². The van der Waals surface area contributed by atoms with Crippen molar-refractivity contribution in [2.45, 2.75) is 58.2 Å². The summed E-state index contributed by atoms with van der Waals surface area (Å²) in [5, 5.41) is 15.8. The lowest BCUT2D eigenvalue weighted by Gasteiger charge is -2.30. The number of unbranched alkanes of at least 4 members (excludes halogenated alkanes) is 2. The van der Waals surface area contributed by atoms with Gasteiger partial charge >= 0.3 is 0 Å². The van der Waals surface area contributed by atoms with Crippen molar-refractivity contribution in [3.63, 3.8) is 0 Å². The lowest BCUT2D eigenvalue weighted by atomic mass is 10.0. The van der Waals surface area contributed by atoms with Gasteiger partial charge < -0.3 is 15.0 Å². The van der Waals surface area contributed by atoms with Gasteiger partial charge in [-0.3, -0.25) is 0 Å². The predicted molar refractivity (Wildman–Crippen MR) is 87.4 cm³/mol. The molecule has 0 spiro atoms. The lowest BCUT2D eigenvalue weighted by Crippen LogP contribution is -2.34. The molecule has 0 bridgehead atoms. The van der Waals surface area contributed by atoms with Crippen LogP contribution in [-0.4, -0.2) is 16.2 Å². The molecule has 1 aromatic heterocycles. The number of hydrogen-bond donors (Lipinski definition) is 2. The third-order valence-corrected chi connectivity index (χ3v) is 4.66. The SMILES string of the molecule is CCCCCC(C)(O)n1c2c(c3ccccc31)CNCC2. The molecule has 3 heteroatoms. The van der Waals surface area contributed by atoms with Gasteiger partial charge in [0.1, 0.15) is 5.72 Å². The molecule has 1 atom stereocenters. The second kappa shape index (κ2) is 5.82. The summed E-state index contributed by atoms with van der Waals surface area (Å²) in [6.07, 6.45) is 5.25. The molecule has 2 heterocycles. The Labute approximate surface area is 127 Å². The van der Waals surface area contributed by atoms with Gasteiger partial charge in [-0.1, -0.05) is 38.0 Å². The van der Waals surface area contributed by atoms with Crippen molar-refractivity contribution in [1.29, 1.82) is 0 Å². The average Bonchev–Trinajstić information content (AvgIpc) is 2.82. The Balaban J connectivity index is 2.08. The first-order chi connectivity index (χ1) is 10.1. The van der Waals surface area contributed by atoms with Crippen LogP contribution in [0.3, 0.4) is 0 Å². The van der Waals surface area contributed by atoms with E-state index in [0.29, 0.717) is 0 Å². The number of nitrogens with one attached hydrogen (secondary N) is 1. The second-order valence-corrected chi connectivity index (χ2v) is 6.38. The Morgan fingerprint density at radius 2 is 2.10 bits per heavy atom. The maximum atomic E-state index is 11.1. The van der Waals surface area contributed by atoms with Crippen molar-refractivity contribution in [2.24, 2.45) is 0 Å². The maximum Gasteiger partial charge on any atom is 0.139 e. The van der Waals surface area contributed by atoms with E-state index in [-0.39, 0.29) is 0 Å². The van der Waals surface area contributed by atoms with Gasteiger partial charge in [0.05, 0.1) is 5.52 Å². The fraction of sp³-hybridized carbons (Fsp3) is 0.556. The average molecular weight is 286 g/mol. The van der Waals surface area contributed by atoms with Crippen LogP contribution in [0.1, 0.15) is 50.8 Å². The van der Waals surface area contributed by atoms with Crippen LogP contribution in [-0.2, 0) is 18.7 Å². The maximum absolute atomic E-state index is 11.1. The molecule has 3 rings (SSSR count). The third-order valence-electron chi connectivity index (χ3n) is 4.66. The first kappa shape index (κ1) is 14.6. The largest absolute Gasteiger partial charge is 0.371 e. The number of fused-ring (bicyclic) bond motifs is 3. The van der Waals surface area contributed by atoms with E-state index in [1.165, 1.54) is 35.0 Å². The Hall–Kier alpha value is -1.32. The molecule has 114 valence electrons. The highest BCUT2D eigenvalue weighted by atomic mass is 16.3. The Morgan fingerprint density at radius 3 is 2.90 bits per heavy atom. The van der Waals surface area contributed by atoms with Crippen molar-refractivity contribution in [3.05, 3.63) is 35.5 Å². The molecule has 1 unspecified atom stereocenters. The highest BCUT2D eigenvalue weighted by Crippen LogP contribution is 2.34. The fourth-order valence-corrected chi connectivity index (χ4v) is 3.61. The molecule has 1 aliphatic heterocycles. The number of rotatable bonds is 5. The van der Waals surface area contributed by atoms with Crippen molar-refractivity contribution in [1.82, 2.24) is 9.88 Å². The minimum absolute atomic E-state index is 0.792. The highest BCUT2D eigenvalue weighted by molar-refractivity contribution is 5.86. The number of para-hydroxylation sites is 1. The summed E-state index contributed by atoms with van der Waals surface area (Å²) in [5.41, 5.74) is 3.07. The van der Waals surface area contributed by atoms with Crippen molar-refractivity contribution < 1.29 is 5.11 Å². The zero-order chi connectivity index (χ0) is 14.9. The molecule has 1 aliphatic rings. The lowest BCUT2D eigenvalue weighted by molar-refractivity contribution is -0.0270. The van der Waals surface area contributed by atoms with Gasteiger partial charge in [-0.05, 0) is 31.4 Å². The topological polar surface area (TPSA) is 37.2 Å². The number of hydrogen-bond acceptors (Lipinski definition) is 2.